The lowest BCUT2D eigenvalue weighted by Crippen LogP contribution is -2.52. The lowest BCUT2D eigenvalue weighted by Gasteiger charge is -2.39. The average molecular weight is 508 g/mol. The largest absolute Gasteiger partial charge is 0.487 e. The summed E-state index contributed by atoms with van der Waals surface area (Å²) in [7, 11) is 0. The van der Waals surface area contributed by atoms with Gasteiger partial charge in [0.1, 0.15) is 17.2 Å². The number of para-hydroxylation sites is 1. The van der Waals surface area contributed by atoms with Gasteiger partial charge in [-0.2, -0.15) is 0 Å². The van der Waals surface area contributed by atoms with E-state index in [4.69, 9.17) is 10.5 Å². The van der Waals surface area contributed by atoms with Gasteiger partial charge in [-0.1, -0.05) is 25.1 Å². The molecule has 5 atom stereocenters. The average Bonchev–Trinajstić information content (AvgIpc) is 3.61. The fraction of sp³-hybridized carbons (Fsp3) is 0.500. The quantitative estimate of drug-likeness (QED) is 0.614. The second kappa shape index (κ2) is 9.11. The number of rotatable bonds is 6. The molecule has 2 amide bonds. The monoisotopic (exact) mass is 507 g/mol. The summed E-state index contributed by atoms with van der Waals surface area (Å²) in [6, 6.07) is 8.26. The van der Waals surface area contributed by atoms with E-state index in [2.05, 4.69) is 15.3 Å². The van der Waals surface area contributed by atoms with Gasteiger partial charge in [0.05, 0.1) is 30.2 Å². The Kier molecular flexibility index (Phi) is 6.20. The fourth-order valence-corrected chi connectivity index (χ4v) is 5.66. The number of benzene rings is 1. The predicted octanol–water partition coefficient (Wildman–Crippen LogP) is 4.03. The number of fused-ring (bicyclic) bond motifs is 1. The summed E-state index contributed by atoms with van der Waals surface area (Å²) in [5.41, 5.74) is 6.79. The lowest BCUT2D eigenvalue weighted by atomic mass is 9.89. The Labute approximate surface area is 216 Å². The maximum absolute atomic E-state index is 14.2. The van der Waals surface area contributed by atoms with Crippen LogP contribution in [0, 0.1) is 17.7 Å². The minimum Gasteiger partial charge on any atom is -0.487 e. The van der Waals surface area contributed by atoms with E-state index in [0.717, 1.165) is 17.5 Å². The molecule has 37 heavy (non-hydrogen) atoms. The Bertz CT molecular complexity index is 1260. The molecule has 3 aliphatic rings. The Morgan fingerprint density at radius 1 is 1.30 bits per heavy atom. The van der Waals surface area contributed by atoms with Crippen molar-refractivity contribution in [1.82, 2.24) is 15.2 Å². The van der Waals surface area contributed by atoms with E-state index in [1.165, 1.54) is 17.2 Å². The van der Waals surface area contributed by atoms with Crippen molar-refractivity contribution >= 4 is 17.8 Å². The van der Waals surface area contributed by atoms with E-state index >= 15 is 0 Å². The summed E-state index contributed by atoms with van der Waals surface area (Å²) in [6.07, 6.45) is 4.68. The summed E-state index contributed by atoms with van der Waals surface area (Å²) in [5.74, 6) is -0.527. The number of aliphatic imine (C=N–C) groups is 1. The van der Waals surface area contributed by atoms with Crippen LogP contribution in [0.15, 0.2) is 47.7 Å². The summed E-state index contributed by atoms with van der Waals surface area (Å²) in [6.45, 7) is 7.87. The van der Waals surface area contributed by atoms with Crippen molar-refractivity contribution in [2.24, 2.45) is 22.6 Å². The van der Waals surface area contributed by atoms with Crippen molar-refractivity contribution in [2.75, 3.05) is 0 Å². The topological polar surface area (TPSA) is 110 Å². The number of nitrogens with zero attached hydrogens (tertiary/aromatic N) is 3. The zero-order valence-electron chi connectivity index (χ0n) is 21.7. The first kappa shape index (κ1) is 25.2. The molecular weight excluding hydrogens is 473 g/mol. The van der Waals surface area contributed by atoms with Crippen LogP contribution in [-0.2, 0) is 9.59 Å². The molecule has 1 aliphatic carbocycles. The van der Waals surface area contributed by atoms with E-state index in [0.29, 0.717) is 24.8 Å². The molecule has 9 heteroatoms. The minimum absolute atomic E-state index is 0.0982. The Morgan fingerprint density at radius 3 is 2.76 bits per heavy atom. The van der Waals surface area contributed by atoms with Crippen molar-refractivity contribution < 1.29 is 18.7 Å². The standard InChI is InChI=1S/C28H34FN5O3/c1-5-28(4)13-23(35)34(26(30)33-28)24(16-10-17(29)15-31-14-16)19-11-20(19)25(36)32-21-12-27(2,3)37-22-9-7-6-8-18(21)22/h6-10,14-15,19-21,24H,5,11-13H2,1-4H3,(H2,30,33)(H,32,36)/t19-,20-,21-,24?,28-/m0/s1. The number of ether oxygens (including phenoxy) is 1. The molecule has 2 aliphatic heterocycles. The van der Waals surface area contributed by atoms with Gasteiger partial charge in [0.2, 0.25) is 11.8 Å². The second-order valence-electron chi connectivity index (χ2n) is 11.3. The van der Waals surface area contributed by atoms with Crippen LogP contribution in [0.1, 0.15) is 76.6 Å². The number of nitrogens with two attached hydrogens (primary N) is 1. The zero-order valence-corrected chi connectivity index (χ0v) is 21.7. The lowest BCUT2D eigenvalue weighted by molar-refractivity contribution is -0.132. The molecule has 1 unspecified atom stereocenters. The van der Waals surface area contributed by atoms with Crippen LogP contribution in [0.5, 0.6) is 5.75 Å². The zero-order chi connectivity index (χ0) is 26.5. The highest BCUT2D eigenvalue weighted by molar-refractivity contribution is 5.99. The summed E-state index contributed by atoms with van der Waals surface area (Å²) >= 11 is 0. The van der Waals surface area contributed by atoms with Crippen LogP contribution < -0.4 is 15.8 Å². The second-order valence-corrected chi connectivity index (χ2v) is 11.3. The number of carbonyl (C=O) groups is 2. The smallest absolute Gasteiger partial charge is 0.232 e. The molecule has 0 bridgehead atoms. The van der Waals surface area contributed by atoms with Gasteiger partial charge in [0, 0.05) is 24.1 Å². The summed E-state index contributed by atoms with van der Waals surface area (Å²) in [4.78, 5) is 36.9. The molecule has 3 heterocycles. The number of guanidine groups is 1. The molecule has 0 radical (unpaired) electrons. The molecular formula is C28H34FN5O3. The normalized spacial score (nSPS) is 29.0. The van der Waals surface area contributed by atoms with E-state index < -0.39 is 23.0 Å². The van der Waals surface area contributed by atoms with Gasteiger partial charge in [-0.25, -0.2) is 9.38 Å². The van der Waals surface area contributed by atoms with Gasteiger partial charge in [-0.15, -0.1) is 0 Å². The molecule has 1 aromatic heterocycles. The number of nitrogens with one attached hydrogen (secondary N) is 1. The highest BCUT2D eigenvalue weighted by atomic mass is 19.1. The molecule has 1 saturated carbocycles. The van der Waals surface area contributed by atoms with Gasteiger partial charge >= 0.3 is 0 Å². The van der Waals surface area contributed by atoms with Crippen molar-refractivity contribution in [3.05, 3.63) is 59.7 Å². The Morgan fingerprint density at radius 2 is 2.05 bits per heavy atom. The first-order chi connectivity index (χ1) is 17.5. The van der Waals surface area contributed by atoms with Crippen molar-refractivity contribution in [3.63, 3.8) is 0 Å². The number of carbonyl (C=O) groups excluding carboxylic acids is 2. The first-order valence-electron chi connectivity index (χ1n) is 12.9. The Hall–Kier alpha value is -3.49. The van der Waals surface area contributed by atoms with E-state index in [1.807, 2.05) is 52.0 Å². The van der Waals surface area contributed by atoms with Crippen molar-refractivity contribution in [1.29, 1.82) is 0 Å². The number of hydrogen-bond donors (Lipinski definition) is 2. The number of pyridine rings is 1. The number of halogens is 1. The molecule has 3 N–H and O–H groups in total. The molecule has 0 spiro atoms. The van der Waals surface area contributed by atoms with Crippen molar-refractivity contribution in [2.45, 2.75) is 76.6 Å². The third-order valence-corrected chi connectivity index (χ3v) is 7.81. The third-order valence-electron chi connectivity index (χ3n) is 7.81. The van der Waals surface area contributed by atoms with Crippen molar-refractivity contribution in [3.8, 4) is 5.75 Å². The predicted molar refractivity (Wildman–Crippen MR) is 137 cm³/mol. The maximum atomic E-state index is 14.2. The number of amides is 2. The molecule has 1 fully saturated rings. The van der Waals surface area contributed by atoms with Gasteiger partial charge in [0.25, 0.3) is 0 Å². The van der Waals surface area contributed by atoms with Crippen LogP contribution in [-0.4, -0.2) is 38.8 Å². The maximum Gasteiger partial charge on any atom is 0.232 e. The Balaban J connectivity index is 1.41. The SMILES string of the molecule is CC[C@@]1(C)CC(=O)N(C(c2cncc(F)c2)[C@H]2C[C@@H]2C(=O)N[C@H]2CC(C)(C)Oc3ccccc32)C(N)=N1. The van der Waals surface area contributed by atoms with Gasteiger partial charge < -0.3 is 15.8 Å². The van der Waals surface area contributed by atoms with Crippen LogP contribution in [0.4, 0.5) is 4.39 Å². The fourth-order valence-electron chi connectivity index (χ4n) is 5.66. The van der Waals surface area contributed by atoms with Crippen LogP contribution >= 0.6 is 0 Å². The highest BCUT2D eigenvalue weighted by Crippen LogP contribution is 2.52. The van der Waals surface area contributed by atoms with Gasteiger partial charge in [-0.05, 0) is 57.2 Å². The van der Waals surface area contributed by atoms with Crippen LogP contribution in [0.25, 0.3) is 0 Å². The van der Waals surface area contributed by atoms with Crippen LogP contribution in [0.2, 0.25) is 0 Å². The summed E-state index contributed by atoms with van der Waals surface area (Å²) < 4.78 is 20.3. The molecule has 0 saturated heterocycles. The molecule has 2 aromatic rings. The van der Waals surface area contributed by atoms with Crippen LogP contribution in [0.3, 0.4) is 0 Å². The van der Waals surface area contributed by atoms with Gasteiger partial charge in [0.15, 0.2) is 5.96 Å². The third kappa shape index (κ3) is 4.91. The highest BCUT2D eigenvalue weighted by Gasteiger charge is 2.53. The van der Waals surface area contributed by atoms with E-state index in [-0.39, 0.29) is 42.1 Å². The molecule has 196 valence electrons. The minimum atomic E-state index is -0.630. The first-order valence-corrected chi connectivity index (χ1v) is 12.9. The summed E-state index contributed by atoms with van der Waals surface area (Å²) in [5, 5.41) is 3.21. The van der Waals surface area contributed by atoms with E-state index in [1.54, 1.807) is 0 Å². The van der Waals surface area contributed by atoms with Gasteiger partial charge in [-0.3, -0.25) is 19.5 Å². The van der Waals surface area contributed by atoms with E-state index in [9.17, 15) is 14.0 Å². The molecule has 5 rings (SSSR count). The molecule has 8 nitrogen and oxygen atoms in total. The number of hydrogen-bond acceptors (Lipinski definition) is 6. The molecule has 1 aromatic carbocycles. The number of aromatic nitrogens is 1.